The van der Waals surface area contributed by atoms with Gasteiger partial charge in [0.15, 0.2) is 0 Å². The number of nitrogens with one attached hydrogen (secondary N) is 8. The summed E-state index contributed by atoms with van der Waals surface area (Å²) in [6, 6.07) is 18.5. The number of methoxy groups -OCH3 is 1. The number of anilines is 4. The van der Waals surface area contributed by atoms with Gasteiger partial charge in [0, 0.05) is 58.8 Å². The van der Waals surface area contributed by atoms with E-state index in [0.29, 0.717) is 98.7 Å². The van der Waals surface area contributed by atoms with Crippen molar-refractivity contribution >= 4 is 110 Å². The van der Waals surface area contributed by atoms with Crippen LogP contribution in [-0.2, 0) is 85.0 Å². The summed E-state index contributed by atoms with van der Waals surface area (Å²) in [7, 11) is -13.4. The second kappa shape index (κ2) is 40.3. The van der Waals surface area contributed by atoms with Crippen molar-refractivity contribution in [3.63, 3.8) is 0 Å². The molecule has 28 nitrogen and oxygen atoms in total. The summed E-state index contributed by atoms with van der Waals surface area (Å²) >= 11 is 6.24. The van der Waals surface area contributed by atoms with Crippen LogP contribution in [0.2, 0.25) is 5.02 Å². The second-order valence-electron chi connectivity index (χ2n) is 32.4. The number of hydrogen-bond donors (Lipinski definition) is 8. The lowest BCUT2D eigenvalue weighted by atomic mass is 9.92. The van der Waals surface area contributed by atoms with Crippen LogP contribution in [0.15, 0.2) is 85.2 Å². The molecule has 4 aliphatic carbocycles. The topological polar surface area (TPSA) is 353 Å². The van der Waals surface area contributed by atoms with Gasteiger partial charge in [-0.1, -0.05) is 116 Å². The largest absolute Gasteiger partial charge is 0.481 e. The molecule has 8 N–H and O–H groups in total. The highest BCUT2D eigenvalue weighted by Crippen LogP contribution is 2.43. The molecule has 1 unspecified atom stereocenters. The Morgan fingerprint density at radius 1 is 0.496 bits per heavy atom. The molecule has 6 aromatic rings. The summed E-state index contributed by atoms with van der Waals surface area (Å²) in [6.45, 7) is 33.6. The van der Waals surface area contributed by atoms with E-state index >= 15 is 0 Å². The zero-order valence-corrected chi connectivity index (χ0v) is 74.0. The maximum Gasteiger partial charge on any atom is 0.332 e. The summed E-state index contributed by atoms with van der Waals surface area (Å²) in [5.74, 6) is 0.983. The van der Waals surface area contributed by atoms with Crippen LogP contribution in [0.3, 0.4) is 0 Å². The van der Waals surface area contributed by atoms with Crippen LogP contribution in [0.25, 0.3) is 33.2 Å². The van der Waals surface area contributed by atoms with Gasteiger partial charge in [0.05, 0.1) is 39.9 Å². The quantitative estimate of drug-likeness (QED) is 0.0293. The van der Waals surface area contributed by atoms with Crippen LogP contribution in [0, 0.1) is 6.57 Å². The molecule has 0 radical (unpaired) electrons. The fourth-order valence-corrected chi connectivity index (χ4v) is 22.5. The first-order chi connectivity index (χ1) is 56.7. The van der Waals surface area contributed by atoms with E-state index in [2.05, 4.69) is 127 Å². The standard InChI is InChI=1S/C23H27N5O3S.C23H30N4O4S.C20H32ClN3O3S.C20H27N3O3S/c1-3-28-13-10-18(11-14-28)32(30,31)27-23(29)26-22-19-6-4-5-16(19)7-8-20(22)17-9-12-25-21(15-17)24-2;1-3-27-13-10-18(11-14-27)32(29,30)26-23(28)25-22-19-6-4-5-16(19)7-8-20(22)17-9-12-24-21(15-17)31-2;1-7-14(6)24-10-16(11-24)28(26,27)23-20(25)22-19-17(12(2)3)8-15(21)9-18(19)13(4)5;1-2-23-11-9-16(10-12-23)27(25,26)22-20(24)21-19-17-7-3-5-14(17)13-15-6-4-8-18(15)19/h7-9,12,15,18H,3-6,10-11,13-14H2,1H3,(H2,26,27,29);7-9,12,15,18H,3-6,10-11,13-14H2,1-2H3,(H2,25,26,28);8-9,12-14,16H,7,10-11H2,1-6H3,(H2,22,23,25);3,7,13,16H,2,4-6,8-12H2,1H3,(H2,21,22,24). The maximum absolute atomic E-state index is 12.8. The van der Waals surface area contributed by atoms with E-state index in [1.165, 1.54) is 16.7 Å². The minimum Gasteiger partial charge on any atom is -0.481 e. The number of piperidine rings is 3. The molecule has 33 heteroatoms. The van der Waals surface area contributed by atoms with Crippen molar-refractivity contribution in [2.75, 3.05) is 100 Å². The van der Waals surface area contributed by atoms with Gasteiger partial charge in [0.1, 0.15) is 11.4 Å². The van der Waals surface area contributed by atoms with Gasteiger partial charge in [0.2, 0.25) is 46.0 Å². The Balaban J connectivity index is 0.000000156. The number of sulfonamides is 4. The number of aryl methyl sites for hydroxylation is 3. The molecule has 0 saturated carbocycles. The first-order valence-corrected chi connectivity index (χ1v) is 48.3. The molecule has 119 heavy (non-hydrogen) atoms. The number of likely N-dealkylation sites (tertiary alicyclic amines) is 4. The molecule has 2 aromatic heterocycles. The zero-order valence-electron chi connectivity index (χ0n) is 69.9. The number of pyridine rings is 2. The molecule has 4 aromatic carbocycles. The second-order valence-corrected chi connectivity index (χ2v) is 40.7. The van der Waals surface area contributed by atoms with Crippen molar-refractivity contribution in [2.24, 2.45) is 0 Å². The van der Waals surface area contributed by atoms with E-state index < -0.39 is 85.2 Å². The van der Waals surface area contributed by atoms with Gasteiger partial charge < -0.3 is 45.5 Å². The Hall–Kier alpha value is -8.78. The van der Waals surface area contributed by atoms with Crippen LogP contribution in [0.5, 0.6) is 5.88 Å². The van der Waals surface area contributed by atoms with Gasteiger partial charge in [-0.05, 0) is 278 Å². The number of rotatable bonds is 22. The van der Waals surface area contributed by atoms with Gasteiger partial charge in [-0.3, -0.25) is 4.90 Å². The van der Waals surface area contributed by atoms with Crippen molar-refractivity contribution in [1.82, 2.24) is 48.5 Å². The van der Waals surface area contributed by atoms with Crippen molar-refractivity contribution in [2.45, 2.75) is 210 Å². The summed E-state index contributed by atoms with van der Waals surface area (Å²) < 4.78 is 116. The lowest BCUT2D eigenvalue weighted by molar-refractivity contribution is 0.128. The highest BCUT2D eigenvalue weighted by atomic mass is 35.5. The number of hydrogen-bond acceptors (Lipinski definition) is 19. The van der Waals surface area contributed by atoms with E-state index in [1.54, 1.807) is 37.7 Å². The molecule has 4 fully saturated rings. The van der Waals surface area contributed by atoms with E-state index in [-0.39, 0.29) is 17.7 Å². The summed E-state index contributed by atoms with van der Waals surface area (Å²) in [6.07, 6.45) is 20.9. The van der Waals surface area contributed by atoms with Crippen LogP contribution in [0.1, 0.15) is 194 Å². The smallest absolute Gasteiger partial charge is 0.332 e. The van der Waals surface area contributed by atoms with Crippen LogP contribution in [0.4, 0.5) is 47.7 Å². The number of carbonyl (C=O) groups is 4. The lowest BCUT2D eigenvalue weighted by Crippen LogP contribution is -2.60. The number of amides is 8. The fraction of sp³-hybridized carbons (Fsp3) is 0.523. The highest BCUT2D eigenvalue weighted by Gasteiger charge is 2.41. The number of fused-ring (bicyclic) bond motifs is 4. The first kappa shape index (κ1) is 91.0. The molecule has 14 rings (SSSR count). The molecule has 0 bridgehead atoms. The predicted molar refractivity (Wildman–Crippen MR) is 472 cm³/mol. The zero-order chi connectivity index (χ0) is 85.7. The minimum atomic E-state index is -3.78. The molecular weight excluding hydrogens is 1610 g/mol. The van der Waals surface area contributed by atoms with Gasteiger partial charge in [-0.25, -0.2) is 76.7 Å². The number of aromatic nitrogens is 2. The van der Waals surface area contributed by atoms with Crippen molar-refractivity contribution in [3.05, 3.63) is 157 Å². The normalized spacial score (nSPS) is 17.6. The first-order valence-electron chi connectivity index (χ1n) is 41.8. The summed E-state index contributed by atoms with van der Waals surface area (Å²) in [4.78, 5) is 71.1. The van der Waals surface area contributed by atoms with Crippen LogP contribution in [-0.4, -0.2) is 194 Å². The van der Waals surface area contributed by atoms with Crippen LogP contribution >= 0.6 is 11.6 Å². The Morgan fingerprint density at radius 2 is 0.891 bits per heavy atom. The molecule has 8 aliphatic rings. The molecule has 8 amide bonds. The Bertz CT molecular complexity index is 5220. The molecule has 4 aliphatic heterocycles. The molecule has 0 spiro atoms. The molecule has 1 atom stereocenters. The van der Waals surface area contributed by atoms with E-state index in [0.717, 1.165) is 183 Å². The number of ether oxygens (including phenoxy) is 1. The maximum atomic E-state index is 12.8. The number of benzene rings is 4. The summed E-state index contributed by atoms with van der Waals surface area (Å²) in [5, 5.41) is 9.74. The van der Waals surface area contributed by atoms with Gasteiger partial charge in [0.25, 0.3) is 5.82 Å². The van der Waals surface area contributed by atoms with E-state index in [1.807, 2.05) is 70.2 Å². The predicted octanol–water partition coefficient (Wildman–Crippen LogP) is 14.1. The Morgan fingerprint density at radius 3 is 1.30 bits per heavy atom. The molecule has 644 valence electrons. The number of allylic oxidation sites excluding steroid dienone is 1. The SMILES string of the molecule is CCC(C)N1CC(S(=O)(=O)NC(=O)Nc2c(C(C)C)cc(Cl)cc2C(C)C)C1.CCN1CCC(S(=O)(=O)NC(=O)Nc2c(-c3ccnc(OC)c3)ccc3c2CCC3)CC1.CCN1CCC(S(=O)(=O)NC(=O)Nc2c3c(cc4c2CCC4)CC=C3)CC1.[C-]#[N+]c1cc(-c2ccc3c(c2NC(=O)NS(=O)(=O)C2CCN(CC)CC2)CCC3)ccn1. The van der Waals surface area contributed by atoms with Crippen molar-refractivity contribution in [3.8, 4) is 28.1 Å². The minimum absolute atomic E-state index is 0.124. The number of carbonyl (C=O) groups excluding carboxylic acids is 4. The lowest BCUT2D eigenvalue weighted by Gasteiger charge is -2.42. The van der Waals surface area contributed by atoms with Crippen molar-refractivity contribution < 1.29 is 57.6 Å². The van der Waals surface area contributed by atoms with Gasteiger partial charge in [-0.2, -0.15) is 0 Å². The molecule has 4 saturated heterocycles. The third-order valence-corrected chi connectivity index (χ3v) is 31.6. The van der Waals surface area contributed by atoms with E-state index in [9.17, 15) is 52.8 Å². The average molecular weight is 1730 g/mol. The molecule has 6 heterocycles. The number of urea groups is 4. The summed E-state index contributed by atoms with van der Waals surface area (Å²) in [5.41, 5.74) is 16.7. The van der Waals surface area contributed by atoms with E-state index in [4.69, 9.17) is 22.9 Å². The monoisotopic (exact) mass is 1730 g/mol. The number of halogens is 1. The third kappa shape index (κ3) is 22.7. The van der Waals surface area contributed by atoms with Crippen LogP contribution < -0.4 is 44.9 Å². The van der Waals surface area contributed by atoms with Crippen molar-refractivity contribution in [1.29, 1.82) is 0 Å². The van der Waals surface area contributed by atoms with Gasteiger partial charge >= 0.3 is 24.1 Å². The highest BCUT2D eigenvalue weighted by molar-refractivity contribution is 7.91. The molecular formula is C86H116ClN15O13S4. The van der Waals surface area contributed by atoms with Gasteiger partial charge in [-0.15, -0.1) is 4.98 Å². The fourth-order valence-electron chi connectivity index (χ4n) is 17.1. The number of nitrogens with zero attached hydrogens (tertiary/aromatic N) is 7. The third-order valence-electron chi connectivity index (χ3n) is 24.2. The Kier molecular flexibility index (Phi) is 30.8. The Labute approximate surface area is 708 Å². The average Bonchev–Trinajstić information content (AvgIpc) is 1.54.